The number of alkyl halides is 3. The van der Waals surface area contributed by atoms with Crippen LogP contribution in [0.4, 0.5) is 18.9 Å². The van der Waals surface area contributed by atoms with Gasteiger partial charge in [-0.15, -0.1) is 0 Å². The highest BCUT2D eigenvalue weighted by atomic mass is 19.4. The van der Waals surface area contributed by atoms with Gasteiger partial charge in [-0.2, -0.15) is 13.2 Å². The van der Waals surface area contributed by atoms with Crippen molar-refractivity contribution < 1.29 is 27.4 Å². The largest absolute Gasteiger partial charge is 0.463 e. The van der Waals surface area contributed by atoms with Crippen LogP contribution in [-0.2, 0) is 15.7 Å². The summed E-state index contributed by atoms with van der Waals surface area (Å²) in [6.45, 7) is 1.92. The van der Waals surface area contributed by atoms with E-state index < -0.39 is 17.7 Å². The lowest BCUT2D eigenvalue weighted by atomic mass is 10.1. The van der Waals surface area contributed by atoms with Crippen LogP contribution in [0.3, 0.4) is 0 Å². The van der Waals surface area contributed by atoms with Crippen LogP contribution in [0.5, 0.6) is 11.5 Å². The fraction of sp³-hybridized carbons (Fsp3) is 0.200. The van der Waals surface area contributed by atoms with Gasteiger partial charge in [0.2, 0.25) is 0 Å². The molecular formula is C20H17F3N2O3. The van der Waals surface area contributed by atoms with Crippen LogP contribution in [0.25, 0.3) is 6.08 Å². The summed E-state index contributed by atoms with van der Waals surface area (Å²) in [5, 5.41) is 0. The summed E-state index contributed by atoms with van der Waals surface area (Å²) in [5.74, 6) is 0.0940. The Morgan fingerprint density at radius 3 is 2.64 bits per heavy atom. The number of carbonyl (C=O) groups is 1. The van der Waals surface area contributed by atoms with E-state index in [0.717, 1.165) is 12.1 Å². The number of hydrogen-bond donors (Lipinski definition) is 1. The van der Waals surface area contributed by atoms with Crippen molar-refractivity contribution in [2.75, 3.05) is 6.61 Å². The van der Waals surface area contributed by atoms with Crippen LogP contribution in [-0.4, -0.2) is 18.4 Å². The molecule has 1 heterocycles. The number of nitrogens with zero attached hydrogens (tertiary/aromatic N) is 1. The number of carbonyl (C=O) groups excluding carboxylic acids is 1. The summed E-state index contributed by atoms with van der Waals surface area (Å²) >= 11 is 0. The molecule has 3 rings (SSSR count). The van der Waals surface area contributed by atoms with Crippen molar-refractivity contribution in [1.29, 1.82) is 0 Å². The predicted molar refractivity (Wildman–Crippen MR) is 98.5 cm³/mol. The molecule has 0 amide bonds. The van der Waals surface area contributed by atoms with Gasteiger partial charge in [0.25, 0.3) is 0 Å². The molecule has 1 aliphatic rings. The van der Waals surface area contributed by atoms with E-state index >= 15 is 0 Å². The maximum atomic E-state index is 12.9. The molecule has 0 radical (unpaired) electrons. The first-order chi connectivity index (χ1) is 13.3. The Balaban J connectivity index is 1.93. The van der Waals surface area contributed by atoms with Gasteiger partial charge in [0.15, 0.2) is 0 Å². The Morgan fingerprint density at radius 1 is 1.18 bits per heavy atom. The molecule has 0 unspecified atom stereocenters. The zero-order valence-electron chi connectivity index (χ0n) is 14.9. The van der Waals surface area contributed by atoms with Crippen molar-refractivity contribution >= 4 is 23.6 Å². The third kappa shape index (κ3) is 4.51. The van der Waals surface area contributed by atoms with E-state index in [1.165, 1.54) is 12.1 Å². The fourth-order valence-electron chi connectivity index (χ4n) is 2.67. The summed E-state index contributed by atoms with van der Waals surface area (Å²) in [6.07, 6.45) is -2.73. The Hall–Kier alpha value is -3.29. The fourth-order valence-corrected chi connectivity index (χ4v) is 2.67. The molecule has 8 heteroatoms. The number of hydrogen-bond acceptors (Lipinski definition) is 5. The first-order valence-corrected chi connectivity index (χ1v) is 8.46. The lowest BCUT2D eigenvalue weighted by Crippen LogP contribution is -2.16. The third-order valence-electron chi connectivity index (χ3n) is 3.90. The highest BCUT2D eigenvalue weighted by molar-refractivity contribution is 6.03. The number of halogens is 3. The summed E-state index contributed by atoms with van der Waals surface area (Å²) in [6, 6.07) is 9.35. The van der Waals surface area contributed by atoms with Crippen LogP contribution in [0.15, 0.2) is 53.0 Å². The topological polar surface area (TPSA) is 73.9 Å². The van der Waals surface area contributed by atoms with E-state index in [2.05, 4.69) is 4.99 Å². The molecule has 2 aromatic carbocycles. The third-order valence-corrected chi connectivity index (χ3v) is 3.90. The molecule has 0 fully saturated rings. The van der Waals surface area contributed by atoms with E-state index in [1.54, 1.807) is 31.2 Å². The van der Waals surface area contributed by atoms with Gasteiger partial charge in [-0.05, 0) is 49.4 Å². The number of fused-ring (bicyclic) bond motifs is 1. The Morgan fingerprint density at radius 2 is 1.93 bits per heavy atom. The molecule has 28 heavy (non-hydrogen) atoms. The second-order valence-corrected chi connectivity index (χ2v) is 6.02. The summed E-state index contributed by atoms with van der Waals surface area (Å²) in [5.41, 5.74) is 6.45. The molecule has 2 N–H and O–H groups in total. The van der Waals surface area contributed by atoms with E-state index in [1.807, 2.05) is 0 Å². The second kappa shape index (κ2) is 7.75. The Labute approximate surface area is 159 Å². The van der Waals surface area contributed by atoms with Crippen molar-refractivity contribution in [1.82, 2.24) is 0 Å². The smallest absolute Gasteiger partial charge is 0.416 e. The van der Waals surface area contributed by atoms with Gasteiger partial charge in [0.1, 0.15) is 17.3 Å². The first-order valence-electron chi connectivity index (χ1n) is 8.46. The molecule has 2 aromatic rings. The monoisotopic (exact) mass is 390 g/mol. The lowest BCUT2D eigenvalue weighted by molar-refractivity contribution is -0.139. The molecule has 146 valence electrons. The van der Waals surface area contributed by atoms with E-state index in [-0.39, 0.29) is 24.6 Å². The van der Waals surface area contributed by atoms with Gasteiger partial charge in [0.05, 0.1) is 17.9 Å². The number of esters is 1. The molecule has 0 saturated heterocycles. The molecule has 0 spiro atoms. The molecule has 0 atom stereocenters. The number of aliphatic imine (C=N–C) groups is 1. The average molecular weight is 390 g/mol. The van der Waals surface area contributed by atoms with E-state index in [9.17, 15) is 18.0 Å². The molecule has 0 aromatic heterocycles. The van der Waals surface area contributed by atoms with Crippen molar-refractivity contribution in [3.05, 3.63) is 59.2 Å². The van der Waals surface area contributed by atoms with E-state index in [0.29, 0.717) is 22.6 Å². The van der Waals surface area contributed by atoms with Crippen LogP contribution in [0, 0.1) is 0 Å². The standard InChI is InChI=1S/C20H17F3N2O3/c1-2-27-19(26)13-8-12-9-16(6-7-17(12)25-18(24)10-13)28-15-5-3-4-14(11-15)20(21,22)23/h3-9,11H,2,10H2,1H3,(H2,24,25). The zero-order valence-corrected chi connectivity index (χ0v) is 14.9. The SMILES string of the molecule is CCOC(=O)C1=Cc2cc(Oc3cccc(C(F)(F)F)c3)ccc2N=C(N)C1. The van der Waals surface area contributed by atoms with Crippen LogP contribution >= 0.6 is 0 Å². The lowest BCUT2D eigenvalue weighted by Gasteiger charge is -2.11. The van der Waals surface area contributed by atoms with Crippen molar-refractivity contribution in [2.24, 2.45) is 10.7 Å². The highest BCUT2D eigenvalue weighted by Gasteiger charge is 2.30. The minimum absolute atomic E-state index is 0.0426. The van der Waals surface area contributed by atoms with Gasteiger partial charge in [-0.25, -0.2) is 9.79 Å². The van der Waals surface area contributed by atoms with Crippen molar-refractivity contribution in [2.45, 2.75) is 19.5 Å². The molecule has 5 nitrogen and oxygen atoms in total. The van der Waals surface area contributed by atoms with Gasteiger partial charge >= 0.3 is 12.1 Å². The minimum atomic E-state index is -4.46. The normalized spacial score (nSPS) is 13.7. The van der Waals surface area contributed by atoms with Crippen molar-refractivity contribution in [3.63, 3.8) is 0 Å². The van der Waals surface area contributed by atoms with E-state index in [4.69, 9.17) is 15.2 Å². The molecule has 1 aliphatic heterocycles. The number of benzene rings is 2. The molecular weight excluding hydrogens is 373 g/mol. The zero-order chi connectivity index (χ0) is 20.3. The Bertz CT molecular complexity index is 965. The van der Waals surface area contributed by atoms with Crippen molar-refractivity contribution in [3.8, 4) is 11.5 Å². The summed E-state index contributed by atoms with van der Waals surface area (Å²) in [4.78, 5) is 16.3. The number of ether oxygens (including phenoxy) is 2. The quantitative estimate of drug-likeness (QED) is 0.759. The second-order valence-electron chi connectivity index (χ2n) is 6.02. The maximum absolute atomic E-state index is 12.9. The summed E-state index contributed by atoms with van der Waals surface area (Å²) < 4.78 is 49.2. The number of rotatable bonds is 4. The number of nitrogens with two attached hydrogens (primary N) is 1. The maximum Gasteiger partial charge on any atom is 0.416 e. The first kappa shape index (κ1) is 19.5. The van der Waals surface area contributed by atoms with Gasteiger partial charge in [0, 0.05) is 17.6 Å². The molecule has 0 saturated carbocycles. The Kier molecular flexibility index (Phi) is 5.39. The molecule has 0 bridgehead atoms. The number of amidine groups is 1. The van der Waals surface area contributed by atoms with Gasteiger partial charge in [-0.3, -0.25) is 0 Å². The highest BCUT2D eigenvalue weighted by Crippen LogP contribution is 2.35. The van der Waals surface area contributed by atoms with Crippen LogP contribution < -0.4 is 10.5 Å². The molecule has 0 aliphatic carbocycles. The van der Waals surface area contributed by atoms with Crippen LogP contribution in [0.1, 0.15) is 24.5 Å². The predicted octanol–water partition coefficient (Wildman–Crippen LogP) is 4.84. The van der Waals surface area contributed by atoms with Crippen LogP contribution in [0.2, 0.25) is 0 Å². The van der Waals surface area contributed by atoms with Gasteiger partial charge in [-0.1, -0.05) is 6.07 Å². The summed E-state index contributed by atoms with van der Waals surface area (Å²) in [7, 11) is 0. The van der Waals surface area contributed by atoms with Gasteiger partial charge < -0.3 is 15.2 Å². The average Bonchev–Trinajstić information content (AvgIpc) is 2.79. The minimum Gasteiger partial charge on any atom is -0.463 e.